The number of halogens is 2. The van der Waals surface area contributed by atoms with Crippen LogP contribution in [0.3, 0.4) is 0 Å². The highest BCUT2D eigenvalue weighted by Crippen LogP contribution is 2.30. The Bertz CT molecular complexity index is 333. The maximum atomic E-state index is 12.3. The van der Waals surface area contributed by atoms with Crippen molar-refractivity contribution >= 4 is 12.0 Å². The molecule has 19 heavy (non-hydrogen) atoms. The molecule has 3 N–H and O–H groups in total. The molecule has 0 aliphatic heterocycles. The number of alkyl halides is 2. The number of rotatable bonds is 6. The van der Waals surface area contributed by atoms with E-state index in [9.17, 15) is 23.5 Å². The number of aliphatic hydroxyl groups excluding tert-OH is 1. The van der Waals surface area contributed by atoms with Crippen LogP contribution in [0.4, 0.5) is 13.6 Å². The summed E-state index contributed by atoms with van der Waals surface area (Å²) in [7, 11) is 0. The molecule has 0 aromatic heterocycles. The second kappa shape index (κ2) is 6.65. The third-order valence-corrected chi connectivity index (χ3v) is 3.23. The number of hydrogen-bond acceptors (Lipinski definition) is 3. The Balaban J connectivity index is 2.71. The number of aliphatic hydroxyl groups is 1. The predicted octanol–water partition coefficient (Wildman–Crippen LogP) is 0.653. The molecule has 0 saturated heterocycles. The Morgan fingerprint density at radius 2 is 1.89 bits per heavy atom. The first-order valence-electron chi connectivity index (χ1n) is 6.11. The van der Waals surface area contributed by atoms with Gasteiger partial charge in [-0.05, 0) is 12.8 Å². The van der Waals surface area contributed by atoms with Gasteiger partial charge in [0, 0.05) is 6.54 Å². The van der Waals surface area contributed by atoms with Gasteiger partial charge in [0.1, 0.15) is 5.54 Å². The van der Waals surface area contributed by atoms with Gasteiger partial charge in [-0.15, -0.1) is 0 Å². The average molecular weight is 280 g/mol. The van der Waals surface area contributed by atoms with E-state index in [0.29, 0.717) is 12.8 Å². The molecule has 1 saturated carbocycles. The van der Waals surface area contributed by atoms with Crippen LogP contribution in [-0.2, 0) is 4.79 Å². The Hall–Kier alpha value is -1.44. The monoisotopic (exact) mass is 280 g/mol. The van der Waals surface area contributed by atoms with E-state index < -0.39 is 37.1 Å². The average Bonchev–Trinajstić information content (AvgIpc) is 2.77. The van der Waals surface area contributed by atoms with E-state index >= 15 is 0 Å². The molecule has 0 bridgehead atoms. The normalized spacial score (nSPS) is 17.5. The maximum Gasteiger partial charge on any atom is 0.329 e. The van der Waals surface area contributed by atoms with Gasteiger partial charge in [0.15, 0.2) is 0 Å². The van der Waals surface area contributed by atoms with Gasteiger partial charge < -0.3 is 20.4 Å². The van der Waals surface area contributed by atoms with Crippen molar-refractivity contribution in [2.45, 2.75) is 37.6 Å². The first-order chi connectivity index (χ1) is 8.91. The summed E-state index contributed by atoms with van der Waals surface area (Å²) in [5.74, 6) is -1.15. The van der Waals surface area contributed by atoms with Crippen molar-refractivity contribution in [2.75, 3.05) is 19.7 Å². The number of aliphatic carboxylic acids is 1. The minimum atomic E-state index is -2.73. The number of carboxylic acids is 1. The van der Waals surface area contributed by atoms with Crippen molar-refractivity contribution in [1.82, 2.24) is 10.2 Å². The number of amides is 2. The lowest BCUT2D eigenvalue weighted by Gasteiger charge is -2.30. The van der Waals surface area contributed by atoms with Crippen LogP contribution in [0.15, 0.2) is 0 Å². The molecule has 1 rings (SSSR count). The number of carbonyl (C=O) groups is 2. The zero-order valence-electron chi connectivity index (χ0n) is 10.4. The highest BCUT2D eigenvalue weighted by atomic mass is 19.3. The quantitative estimate of drug-likeness (QED) is 0.666. The van der Waals surface area contributed by atoms with Gasteiger partial charge in [0.05, 0.1) is 13.2 Å². The van der Waals surface area contributed by atoms with Crippen molar-refractivity contribution in [2.24, 2.45) is 0 Å². The van der Waals surface area contributed by atoms with Crippen LogP contribution in [0.1, 0.15) is 25.7 Å². The van der Waals surface area contributed by atoms with E-state index in [0.717, 1.165) is 4.90 Å². The topological polar surface area (TPSA) is 89.9 Å². The van der Waals surface area contributed by atoms with Gasteiger partial charge in [0.25, 0.3) is 6.43 Å². The van der Waals surface area contributed by atoms with Gasteiger partial charge in [-0.2, -0.15) is 0 Å². The third kappa shape index (κ3) is 4.02. The van der Waals surface area contributed by atoms with Crippen LogP contribution >= 0.6 is 0 Å². The van der Waals surface area contributed by atoms with Gasteiger partial charge in [0.2, 0.25) is 0 Å². The highest BCUT2D eigenvalue weighted by molar-refractivity contribution is 5.86. The summed E-state index contributed by atoms with van der Waals surface area (Å²) < 4.78 is 24.6. The molecule has 110 valence electrons. The van der Waals surface area contributed by atoms with E-state index in [1.54, 1.807) is 0 Å². The SMILES string of the molecule is O=C(NC1(C(=O)O)CCCC1)N(CCO)CC(F)F. The zero-order chi connectivity index (χ0) is 14.5. The van der Waals surface area contributed by atoms with Crippen LogP contribution in [0.25, 0.3) is 0 Å². The summed E-state index contributed by atoms with van der Waals surface area (Å²) >= 11 is 0. The van der Waals surface area contributed by atoms with E-state index in [1.165, 1.54) is 0 Å². The second-order valence-corrected chi connectivity index (χ2v) is 4.59. The summed E-state index contributed by atoms with van der Waals surface area (Å²) in [6.07, 6.45) is -0.824. The summed E-state index contributed by atoms with van der Waals surface area (Å²) in [4.78, 5) is 23.8. The van der Waals surface area contributed by atoms with Crippen molar-refractivity contribution in [1.29, 1.82) is 0 Å². The first kappa shape index (κ1) is 15.6. The second-order valence-electron chi connectivity index (χ2n) is 4.59. The van der Waals surface area contributed by atoms with Gasteiger partial charge in [-0.3, -0.25) is 0 Å². The molecule has 1 fully saturated rings. The summed E-state index contributed by atoms with van der Waals surface area (Å²) in [5.41, 5.74) is -1.37. The Morgan fingerprint density at radius 3 is 2.32 bits per heavy atom. The summed E-state index contributed by atoms with van der Waals surface area (Å²) in [6, 6.07) is -0.876. The van der Waals surface area contributed by atoms with Crippen LogP contribution < -0.4 is 5.32 Å². The number of nitrogens with one attached hydrogen (secondary N) is 1. The predicted molar refractivity (Wildman–Crippen MR) is 62.0 cm³/mol. The molecular weight excluding hydrogens is 262 g/mol. The molecule has 8 heteroatoms. The van der Waals surface area contributed by atoms with Gasteiger partial charge in [-0.25, -0.2) is 18.4 Å². The van der Waals surface area contributed by atoms with Crippen molar-refractivity contribution in [3.05, 3.63) is 0 Å². The molecule has 6 nitrogen and oxygen atoms in total. The first-order valence-corrected chi connectivity index (χ1v) is 6.11. The lowest BCUT2D eigenvalue weighted by Crippen LogP contribution is -2.57. The maximum absolute atomic E-state index is 12.3. The minimum absolute atomic E-state index is 0.258. The van der Waals surface area contributed by atoms with E-state index in [2.05, 4.69) is 5.32 Å². The molecule has 0 heterocycles. The molecular formula is C11H18F2N2O4. The van der Waals surface area contributed by atoms with Crippen LogP contribution in [0.2, 0.25) is 0 Å². The summed E-state index contributed by atoms with van der Waals surface area (Å²) in [5, 5.41) is 20.3. The molecule has 2 amide bonds. The van der Waals surface area contributed by atoms with Crippen LogP contribution in [0.5, 0.6) is 0 Å². The number of hydrogen-bond donors (Lipinski definition) is 3. The van der Waals surface area contributed by atoms with Crippen molar-refractivity contribution in [3.63, 3.8) is 0 Å². The minimum Gasteiger partial charge on any atom is -0.480 e. The zero-order valence-corrected chi connectivity index (χ0v) is 10.4. The molecule has 0 unspecified atom stereocenters. The molecule has 1 aliphatic rings. The molecule has 0 spiro atoms. The van der Waals surface area contributed by atoms with Gasteiger partial charge in [-0.1, -0.05) is 12.8 Å². The smallest absolute Gasteiger partial charge is 0.329 e. The van der Waals surface area contributed by atoms with Crippen LogP contribution in [-0.4, -0.2) is 58.8 Å². The van der Waals surface area contributed by atoms with Crippen molar-refractivity contribution in [3.8, 4) is 0 Å². The fourth-order valence-electron chi connectivity index (χ4n) is 2.22. The Kier molecular flexibility index (Phi) is 5.46. The van der Waals surface area contributed by atoms with Crippen molar-refractivity contribution < 1.29 is 28.6 Å². The van der Waals surface area contributed by atoms with Gasteiger partial charge >= 0.3 is 12.0 Å². The fraction of sp³-hybridized carbons (Fsp3) is 0.818. The molecule has 1 aliphatic carbocycles. The number of nitrogens with zero attached hydrogens (tertiary/aromatic N) is 1. The summed E-state index contributed by atoms with van der Waals surface area (Å²) in [6.45, 7) is -1.55. The standard InChI is InChI=1S/C11H18F2N2O4/c12-8(13)7-15(5-6-16)10(19)14-11(9(17)18)3-1-2-4-11/h8,16H,1-7H2,(H,14,19)(H,17,18). The number of carbonyl (C=O) groups excluding carboxylic acids is 1. The Morgan fingerprint density at radius 1 is 1.32 bits per heavy atom. The van der Waals surface area contributed by atoms with E-state index in [4.69, 9.17) is 5.11 Å². The number of urea groups is 1. The third-order valence-electron chi connectivity index (χ3n) is 3.23. The fourth-order valence-corrected chi connectivity index (χ4v) is 2.22. The largest absolute Gasteiger partial charge is 0.480 e. The molecule has 0 radical (unpaired) electrons. The molecule has 0 aromatic carbocycles. The van der Waals surface area contributed by atoms with Crippen LogP contribution in [0, 0.1) is 0 Å². The van der Waals surface area contributed by atoms with E-state index in [1.807, 2.05) is 0 Å². The lowest BCUT2D eigenvalue weighted by molar-refractivity contribution is -0.144. The molecule has 0 atom stereocenters. The Labute approximate surface area is 109 Å². The lowest BCUT2D eigenvalue weighted by atomic mass is 9.98. The highest BCUT2D eigenvalue weighted by Gasteiger charge is 2.43. The van der Waals surface area contributed by atoms with E-state index in [-0.39, 0.29) is 19.4 Å². The molecule has 0 aromatic rings. The number of carboxylic acid groups (broad SMARTS) is 1.